The molecule has 0 unspecified atom stereocenters. The largest absolute Gasteiger partial charge is 0.504 e. The molecule has 1 spiro atoms. The van der Waals surface area contributed by atoms with E-state index in [4.69, 9.17) is 4.74 Å². The number of nitrogens with zero attached hydrogens (tertiary/aromatic N) is 2. The Kier molecular flexibility index (Phi) is 5.09. The molecule has 7 rings (SSSR count). The van der Waals surface area contributed by atoms with E-state index in [0.29, 0.717) is 18.6 Å². The van der Waals surface area contributed by atoms with Crippen LogP contribution in [0.5, 0.6) is 11.5 Å². The number of hydrogen-bond donors (Lipinski definition) is 2. The van der Waals surface area contributed by atoms with Gasteiger partial charge in [-0.15, -0.1) is 0 Å². The molecule has 3 aliphatic carbocycles. The Morgan fingerprint density at radius 3 is 2.70 bits per heavy atom. The Morgan fingerprint density at radius 2 is 1.95 bits per heavy atom. The monoisotopic (exact) mass is 500 g/mol. The molecule has 2 aliphatic heterocycles. The number of likely N-dealkylation sites (N-methyl/N-ethyl adjacent to an activating group) is 1. The number of likely N-dealkylation sites (tertiary alicyclic amines) is 1. The van der Waals surface area contributed by atoms with Crippen LogP contribution in [0.15, 0.2) is 48.5 Å². The van der Waals surface area contributed by atoms with Crippen LogP contribution < -0.4 is 4.74 Å². The van der Waals surface area contributed by atoms with Crippen LogP contribution >= 0.6 is 0 Å². The van der Waals surface area contributed by atoms with Gasteiger partial charge in [0.2, 0.25) is 5.91 Å². The van der Waals surface area contributed by atoms with Gasteiger partial charge in [0, 0.05) is 31.3 Å². The highest BCUT2D eigenvalue weighted by atomic mass is 16.5. The number of ether oxygens (including phenoxy) is 1. The molecule has 5 aliphatic rings. The number of hydrogen-bond acceptors (Lipinski definition) is 5. The van der Waals surface area contributed by atoms with Gasteiger partial charge < -0.3 is 19.8 Å². The number of allylic oxidation sites excluding steroid dienone is 1. The van der Waals surface area contributed by atoms with Crippen molar-refractivity contribution in [2.45, 2.75) is 74.7 Å². The summed E-state index contributed by atoms with van der Waals surface area (Å²) in [4.78, 5) is 17.9. The minimum atomic E-state index is -0.937. The van der Waals surface area contributed by atoms with Crippen LogP contribution in [0.25, 0.3) is 5.57 Å². The first-order valence-electron chi connectivity index (χ1n) is 13.8. The van der Waals surface area contributed by atoms with Gasteiger partial charge in [-0.05, 0) is 80.7 Å². The highest BCUT2D eigenvalue weighted by Gasteiger charge is 2.73. The lowest BCUT2D eigenvalue weighted by Crippen LogP contribution is -2.78. The number of aliphatic hydroxyl groups is 1. The smallest absolute Gasteiger partial charge is 0.246 e. The topological polar surface area (TPSA) is 73.2 Å². The molecule has 3 fully saturated rings. The molecular formula is C31H36N2O4. The Bertz CT molecular complexity index is 1290. The van der Waals surface area contributed by atoms with Crippen molar-refractivity contribution in [2.75, 3.05) is 20.1 Å². The van der Waals surface area contributed by atoms with E-state index in [-0.39, 0.29) is 23.7 Å². The van der Waals surface area contributed by atoms with Crippen LogP contribution in [0.2, 0.25) is 0 Å². The van der Waals surface area contributed by atoms with Gasteiger partial charge in [-0.3, -0.25) is 9.69 Å². The van der Waals surface area contributed by atoms with Crippen molar-refractivity contribution in [1.29, 1.82) is 0 Å². The Morgan fingerprint density at radius 1 is 1.16 bits per heavy atom. The van der Waals surface area contributed by atoms with Crippen molar-refractivity contribution in [3.8, 4) is 11.5 Å². The van der Waals surface area contributed by atoms with Gasteiger partial charge in [0.05, 0.1) is 17.1 Å². The molecule has 37 heavy (non-hydrogen) atoms. The summed E-state index contributed by atoms with van der Waals surface area (Å²) in [5.41, 5.74) is 2.58. The first-order chi connectivity index (χ1) is 17.8. The summed E-state index contributed by atoms with van der Waals surface area (Å²) in [7, 11) is 1.86. The maximum atomic E-state index is 13.5. The predicted molar refractivity (Wildman–Crippen MR) is 141 cm³/mol. The van der Waals surface area contributed by atoms with Crippen molar-refractivity contribution in [3.05, 3.63) is 65.2 Å². The van der Waals surface area contributed by atoms with Crippen LogP contribution in [-0.2, 0) is 16.6 Å². The van der Waals surface area contributed by atoms with E-state index in [1.165, 1.54) is 18.4 Å². The molecule has 6 nitrogen and oxygen atoms in total. The lowest BCUT2D eigenvalue weighted by Gasteiger charge is -2.64. The average molecular weight is 501 g/mol. The molecule has 1 saturated heterocycles. The fraction of sp³-hybridized carbons (Fsp3) is 0.516. The first kappa shape index (κ1) is 23.3. The minimum absolute atomic E-state index is 0.0399. The molecule has 5 atom stereocenters. The Hall–Kier alpha value is -2.83. The van der Waals surface area contributed by atoms with E-state index < -0.39 is 17.1 Å². The molecule has 0 radical (unpaired) electrons. The number of rotatable bonds is 5. The highest BCUT2D eigenvalue weighted by molar-refractivity contribution is 5.95. The second-order valence-electron chi connectivity index (χ2n) is 12.0. The molecule has 2 aromatic carbocycles. The molecule has 1 amide bonds. The third kappa shape index (κ3) is 3.21. The maximum absolute atomic E-state index is 13.5. The van der Waals surface area contributed by atoms with Crippen molar-refractivity contribution in [2.24, 2.45) is 5.92 Å². The number of phenolic OH excluding ortho intramolecular Hbond substituents is 1. The van der Waals surface area contributed by atoms with E-state index in [0.717, 1.165) is 48.5 Å². The Balaban J connectivity index is 1.27. The highest BCUT2D eigenvalue weighted by Crippen LogP contribution is 2.66. The first-order valence-corrected chi connectivity index (χ1v) is 13.8. The summed E-state index contributed by atoms with van der Waals surface area (Å²) in [5.74, 6) is 1.36. The van der Waals surface area contributed by atoms with Gasteiger partial charge in [0.1, 0.15) is 6.10 Å². The van der Waals surface area contributed by atoms with E-state index in [1.807, 2.05) is 55.3 Å². The standard InChI is InChI=1S/C31H36N2O4/c1-19(21-6-4-3-5-7-21)16-26(35)32(2)23-12-13-31(36)25-17-22-10-11-24(34)28-27(22)30(31,29(23)37-28)14-15-33(25)18-20-8-9-20/h3-7,10-11,16,20,23,25,29,34,36H,8-9,12-15,17-18H2,1-2H3/b19-16+/t23-,25-,29+,30+,31-/m1/s1. The molecule has 0 aromatic heterocycles. The fourth-order valence-electron chi connectivity index (χ4n) is 8.09. The lowest BCUT2D eigenvalue weighted by atomic mass is 9.48. The summed E-state index contributed by atoms with van der Waals surface area (Å²) >= 11 is 0. The van der Waals surface area contributed by atoms with Gasteiger partial charge >= 0.3 is 0 Å². The van der Waals surface area contributed by atoms with Crippen molar-refractivity contribution in [1.82, 2.24) is 9.80 Å². The van der Waals surface area contributed by atoms with Crippen LogP contribution in [0.1, 0.15) is 55.7 Å². The molecule has 2 heterocycles. The SMILES string of the molecule is C/C(=C\C(=O)N(C)[C@@H]1CC[C@@]2(O)[C@H]3Cc4ccc(O)c5c4[C@@]2(CCN3CC2CC2)[C@H]1O5)c1ccccc1. The zero-order valence-corrected chi connectivity index (χ0v) is 21.7. The molecule has 2 N–H and O–H groups in total. The number of piperidine rings is 1. The third-order valence-electron chi connectivity index (χ3n) is 10.1. The molecule has 2 saturated carbocycles. The van der Waals surface area contributed by atoms with Gasteiger partial charge in [-0.2, -0.15) is 0 Å². The molecule has 2 aromatic rings. The van der Waals surface area contributed by atoms with Gasteiger partial charge in [0.25, 0.3) is 0 Å². The quantitative estimate of drug-likeness (QED) is 0.610. The number of carbonyl (C=O) groups is 1. The zero-order chi connectivity index (χ0) is 25.5. The molecular weight excluding hydrogens is 464 g/mol. The van der Waals surface area contributed by atoms with Crippen LogP contribution in [0.3, 0.4) is 0 Å². The summed E-state index contributed by atoms with van der Waals surface area (Å²) in [6, 6.07) is 13.6. The van der Waals surface area contributed by atoms with Gasteiger partial charge in [0.15, 0.2) is 11.5 Å². The summed E-state index contributed by atoms with van der Waals surface area (Å²) < 4.78 is 6.63. The van der Waals surface area contributed by atoms with Crippen molar-refractivity contribution < 1.29 is 19.7 Å². The van der Waals surface area contributed by atoms with Crippen LogP contribution in [0.4, 0.5) is 0 Å². The predicted octanol–water partition coefficient (Wildman–Crippen LogP) is 3.89. The molecule has 6 heteroatoms. The minimum Gasteiger partial charge on any atom is -0.504 e. The maximum Gasteiger partial charge on any atom is 0.246 e. The van der Waals surface area contributed by atoms with Crippen LogP contribution in [0, 0.1) is 5.92 Å². The fourth-order valence-corrected chi connectivity index (χ4v) is 8.09. The second kappa shape index (κ2) is 8.08. The van der Waals surface area contributed by atoms with Crippen molar-refractivity contribution >= 4 is 11.5 Å². The summed E-state index contributed by atoms with van der Waals surface area (Å²) in [6.45, 7) is 3.93. The number of carbonyl (C=O) groups excluding carboxylic acids is 1. The molecule has 194 valence electrons. The van der Waals surface area contributed by atoms with Crippen LogP contribution in [-0.4, -0.2) is 69.8 Å². The van der Waals surface area contributed by atoms with E-state index in [1.54, 1.807) is 12.1 Å². The normalized spacial score (nSPS) is 34.0. The Labute approximate surface area is 218 Å². The van der Waals surface area contributed by atoms with Crippen molar-refractivity contribution in [3.63, 3.8) is 0 Å². The number of phenols is 1. The number of aromatic hydroxyl groups is 1. The second-order valence-corrected chi connectivity index (χ2v) is 12.0. The van der Waals surface area contributed by atoms with E-state index in [2.05, 4.69) is 4.90 Å². The lowest BCUT2D eigenvalue weighted by molar-refractivity contribution is -0.200. The third-order valence-corrected chi connectivity index (χ3v) is 10.1. The average Bonchev–Trinajstić information content (AvgIpc) is 3.64. The van der Waals surface area contributed by atoms with E-state index >= 15 is 0 Å². The van der Waals surface area contributed by atoms with E-state index in [9.17, 15) is 15.0 Å². The number of amides is 1. The zero-order valence-electron chi connectivity index (χ0n) is 21.7. The summed E-state index contributed by atoms with van der Waals surface area (Å²) in [6.07, 6.45) is 6.74. The van der Waals surface area contributed by atoms with Gasteiger partial charge in [-0.1, -0.05) is 36.4 Å². The summed E-state index contributed by atoms with van der Waals surface area (Å²) in [5, 5.41) is 23.5. The van der Waals surface area contributed by atoms with Gasteiger partial charge in [-0.25, -0.2) is 0 Å². The molecule has 2 bridgehead atoms. The number of benzene rings is 2.